The van der Waals surface area contributed by atoms with Gasteiger partial charge in [0.15, 0.2) is 0 Å². The highest BCUT2D eigenvalue weighted by Gasteiger charge is 2.12. The molecule has 0 fully saturated rings. The molecule has 0 unspecified atom stereocenters. The summed E-state index contributed by atoms with van der Waals surface area (Å²) in [4.78, 5) is 2.30. The molecule has 0 saturated carbocycles. The minimum atomic E-state index is 0.816. The van der Waals surface area contributed by atoms with E-state index in [0.717, 1.165) is 43.2 Å². The Balaban J connectivity index is 1.57. The second-order valence-electron chi connectivity index (χ2n) is 5.88. The number of likely N-dealkylation sites (N-methyl/N-ethyl adjacent to an activating group) is 1. The highest BCUT2D eigenvalue weighted by atomic mass is 16.5. The van der Waals surface area contributed by atoms with Gasteiger partial charge in [-0.15, -0.1) is 0 Å². The van der Waals surface area contributed by atoms with E-state index < -0.39 is 0 Å². The van der Waals surface area contributed by atoms with Gasteiger partial charge < -0.3 is 9.47 Å². The molecular formula is C20H23NO2. The van der Waals surface area contributed by atoms with Crippen LogP contribution < -0.4 is 9.47 Å². The summed E-state index contributed by atoms with van der Waals surface area (Å²) in [6, 6.07) is 14.6. The minimum Gasteiger partial charge on any atom is -0.496 e. The number of hydrogen-bond donors (Lipinski definition) is 0. The standard InChI is InChI=1S/C20H23NO2/c1-21(12-5-7-17-6-3-4-8-19(17)22-2)15-16-9-10-20-18(14-16)11-13-23-20/h3-10,14H,11-13,15H2,1-2H3. The van der Waals surface area contributed by atoms with Crippen molar-refractivity contribution < 1.29 is 9.47 Å². The summed E-state index contributed by atoms with van der Waals surface area (Å²) < 4.78 is 10.9. The van der Waals surface area contributed by atoms with E-state index in [0.29, 0.717) is 0 Å². The Bertz CT molecular complexity index is 694. The Morgan fingerprint density at radius 1 is 1.22 bits per heavy atom. The van der Waals surface area contributed by atoms with Gasteiger partial charge in [0.05, 0.1) is 13.7 Å². The Labute approximate surface area is 138 Å². The van der Waals surface area contributed by atoms with E-state index in [4.69, 9.17) is 9.47 Å². The molecule has 0 saturated heterocycles. The molecule has 0 bridgehead atoms. The van der Waals surface area contributed by atoms with Crippen LogP contribution in [0.4, 0.5) is 0 Å². The fourth-order valence-electron chi connectivity index (χ4n) is 2.88. The van der Waals surface area contributed by atoms with Crippen LogP contribution in [0.15, 0.2) is 48.5 Å². The smallest absolute Gasteiger partial charge is 0.126 e. The maximum Gasteiger partial charge on any atom is 0.126 e. The van der Waals surface area contributed by atoms with Crippen molar-refractivity contribution in [2.75, 3.05) is 27.3 Å². The normalized spacial score (nSPS) is 13.3. The molecule has 0 aromatic heterocycles. The van der Waals surface area contributed by atoms with Gasteiger partial charge in [0.1, 0.15) is 11.5 Å². The van der Waals surface area contributed by atoms with Crippen molar-refractivity contribution in [3.8, 4) is 11.5 Å². The third-order valence-corrected chi connectivity index (χ3v) is 4.06. The first-order chi connectivity index (χ1) is 11.3. The lowest BCUT2D eigenvalue weighted by molar-refractivity contribution is 0.356. The van der Waals surface area contributed by atoms with Gasteiger partial charge in [-0.05, 0) is 30.3 Å². The first kappa shape index (κ1) is 15.6. The Morgan fingerprint density at radius 3 is 2.96 bits per heavy atom. The van der Waals surface area contributed by atoms with Gasteiger partial charge in [-0.25, -0.2) is 0 Å². The van der Waals surface area contributed by atoms with E-state index in [1.807, 2.05) is 18.2 Å². The molecule has 0 amide bonds. The summed E-state index contributed by atoms with van der Waals surface area (Å²) in [5, 5.41) is 0. The van der Waals surface area contributed by atoms with Crippen LogP contribution in [0.25, 0.3) is 6.08 Å². The van der Waals surface area contributed by atoms with Crippen LogP contribution in [0.3, 0.4) is 0 Å². The van der Waals surface area contributed by atoms with Crippen molar-refractivity contribution in [2.24, 2.45) is 0 Å². The average Bonchev–Trinajstić information content (AvgIpc) is 3.03. The van der Waals surface area contributed by atoms with Crippen LogP contribution in [0, 0.1) is 0 Å². The second kappa shape index (κ2) is 7.34. The summed E-state index contributed by atoms with van der Waals surface area (Å²) in [6.45, 7) is 2.64. The fourth-order valence-corrected chi connectivity index (χ4v) is 2.88. The van der Waals surface area contributed by atoms with Gasteiger partial charge in [-0.3, -0.25) is 4.90 Å². The molecule has 0 radical (unpaired) electrons. The number of methoxy groups -OCH3 is 1. The van der Waals surface area contributed by atoms with Crippen molar-refractivity contribution >= 4 is 6.08 Å². The van der Waals surface area contributed by atoms with E-state index in [1.54, 1.807) is 7.11 Å². The molecule has 0 aliphatic carbocycles. The summed E-state index contributed by atoms with van der Waals surface area (Å²) >= 11 is 0. The van der Waals surface area contributed by atoms with E-state index in [2.05, 4.69) is 48.4 Å². The molecule has 0 spiro atoms. The highest BCUT2D eigenvalue weighted by molar-refractivity contribution is 5.57. The molecular weight excluding hydrogens is 286 g/mol. The van der Waals surface area contributed by atoms with E-state index in [9.17, 15) is 0 Å². The maximum absolute atomic E-state index is 5.56. The van der Waals surface area contributed by atoms with Crippen molar-refractivity contribution in [3.05, 3.63) is 65.2 Å². The highest BCUT2D eigenvalue weighted by Crippen LogP contribution is 2.26. The maximum atomic E-state index is 5.56. The van der Waals surface area contributed by atoms with Crippen LogP contribution in [-0.2, 0) is 13.0 Å². The van der Waals surface area contributed by atoms with Gasteiger partial charge in [-0.2, -0.15) is 0 Å². The number of hydrogen-bond acceptors (Lipinski definition) is 3. The molecule has 2 aromatic rings. The van der Waals surface area contributed by atoms with Crippen LogP contribution in [0.2, 0.25) is 0 Å². The lowest BCUT2D eigenvalue weighted by Gasteiger charge is -2.15. The largest absolute Gasteiger partial charge is 0.496 e. The molecule has 1 aliphatic heterocycles. The predicted octanol–water partition coefficient (Wildman–Crippen LogP) is 3.78. The quantitative estimate of drug-likeness (QED) is 0.810. The zero-order chi connectivity index (χ0) is 16.1. The molecule has 0 N–H and O–H groups in total. The third-order valence-electron chi connectivity index (χ3n) is 4.06. The summed E-state index contributed by atoms with van der Waals surface area (Å²) in [5.74, 6) is 1.96. The first-order valence-electron chi connectivity index (χ1n) is 7.99. The van der Waals surface area contributed by atoms with Gasteiger partial charge in [-0.1, -0.05) is 42.5 Å². The summed E-state index contributed by atoms with van der Waals surface area (Å²) in [6.07, 6.45) is 5.32. The van der Waals surface area contributed by atoms with E-state index in [-0.39, 0.29) is 0 Å². The molecule has 1 aliphatic rings. The lowest BCUT2D eigenvalue weighted by Crippen LogP contribution is -2.17. The topological polar surface area (TPSA) is 21.7 Å². The molecule has 1 heterocycles. The average molecular weight is 309 g/mol. The minimum absolute atomic E-state index is 0.816. The lowest BCUT2D eigenvalue weighted by atomic mass is 10.1. The molecule has 23 heavy (non-hydrogen) atoms. The Hall–Kier alpha value is -2.26. The zero-order valence-electron chi connectivity index (χ0n) is 13.8. The first-order valence-corrected chi connectivity index (χ1v) is 7.99. The number of para-hydroxylation sites is 1. The molecule has 3 nitrogen and oxygen atoms in total. The van der Waals surface area contributed by atoms with E-state index >= 15 is 0 Å². The van der Waals surface area contributed by atoms with Crippen LogP contribution >= 0.6 is 0 Å². The van der Waals surface area contributed by atoms with Crippen molar-refractivity contribution in [2.45, 2.75) is 13.0 Å². The van der Waals surface area contributed by atoms with Gasteiger partial charge in [0, 0.05) is 25.1 Å². The zero-order valence-corrected chi connectivity index (χ0v) is 13.8. The van der Waals surface area contributed by atoms with Gasteiger partial charge >= 0.3 is 0 Å². The van der Waals surface area contributed by atoms with Crippen LogP contribution in [0.1, 0.15) is 16.7 Å². The summed E-state index contributed by atoms with van der Waals surface area (Å²) in [7, 11) is 3.84. The van der Waals surface area contributed by atoms with Gasteiger partial charge in [0.2, 0.25) is 0 Å². The number of rotatable bonds is 6. The second-order valence-corrected chi connectivity index (χ2v) is 5.88. The Kier molecular flexibility index (Phi) is 4.99. The third kappa shape index (κ3) is 3.93. The molecule has 3 heteroatoms. The number of ether oxygens (including phenoxy) is 2. The van der Waals surface area contributed by atoms with E-state index in [1.165, 1.54) is 11.1 Å². The number of fused-ring (bicyclic) bond motifs is 1. The van der Waals surface area contributed by atoms with Gasteiger partial charge in [0.25, 0.3) is 0 Å². The summed E-state index contributed by atoms with van der Waals surface area (Å²) in [5.41, 5.74) is 3.78. The van der Waals surface area contributed by atoms with Crippen LogP contribution in [0.5, 0.6) is 11.5 Å². The predicted molar refractivity (Wildman–Crippen MR) is 94.0 cm³/mol. The molecule has 2 aromatic carbocycles. The molecule has 0 atom stereocenters. The number of benzene rings is 2. The van der Waals surface area contributed by atoms with Crippen molar-refractivity contribution in [1.29, 1.82) is 0 Å². The van der Waals surface area contributed by atoms with Crippen molar-refractivity contribution in [3.63, 3.8) is 0 Å². The SMILES string of the molecule is COc1ccccc1C=CCN(C)Cc1ccc2c(c1)CCO2. The Morgan fingerprint density at radius 2 is 2.09 bits per heavy atom. The number of nitrogens with zero attached hydrogens (tertiary/aromatic N) is 1. The fraction of sp³-hybridized carbons (Fsp3) is 0.300. The molecule has 120 valence electrons. The monoisotopic (exact) mass is 309 g/mol. The van der Waals surface area contributed by atoms with Crippen molar-refractivity contribution in [1.82, 2.24) is 4.90 Å². The molecule has 3 rings (SSSR count). The van der Waals surface area contributed by atoms with Crippen LogP contribution in [-0.4, -0.2) is 32.2 Å².